The van der Waals surface area contributed by atoms with Gasteiger partial charge in [0.1, 0.15) is 0 Å². The van der Waals surface area contributed by atoms with Gasteiger partial charge in [-0.05, 0) is 30.9 Å². The second-order valence-corrected chi connectivity index (χ2v) is 6.70. The van der Waals surface area contributed by atoms with Crippen LogP contribution < -0.4 is 0 Å². The van der Waals surface area contributed by atoms with Crippen LogP contribution in [0.1, 0.15) is 38.2 Å². The Labute approximate surface area is 129 Å². The van der Waals surface area contributed by atoms with Crippen LogP contribution in [-0.4, -0.2) is 10.8 Å². The van der Waals surface area contributed by atoms with Gasteiger partial charge in [0, 0.05) is 17.5 Å². The van der Waals surface area contributed by atoms with Crippen molar-refractivity contribution in [2.45, 2.75) is 39.2 Å². The summed E-state index contributed by atoms with van der Waals surface area (Å²) in [5, 5.41) is 1.09. The van der Waals surface area contributed by atoms with E-state index in [0.29, 0.717) is 23.0 Å². The third kappa shape index (κ3) is 2.25. The maximum atomic E-state index is 12.4. The predicted molar refractivity (Wildman–Crippen MR) is 81.7 cm³/mol. The molecule has 1 aromatic rings. The fourth-order valence-electron chi connectivity index (χ4n) is 3.30. The van der Waals surface area contributed by atoms with Gasteiger partial charge in [-0.1, -0.05) is 48.3 Å². The number of hydrogen-bond acceptors (Lipinski definition) is 1. The Morgan fingerprint density at radius 1 is 1.35 bits per heavy atom. The number of carbonyl (C=O) groups excluding carboxylic acids is 1. The summed E-state index contributed by atoms with van der Waals surface area (Å²) in [6.07, 6.45) is 6.13. The smallest absolute Gasteiger partial charge is 0.227 e. The van der Waals surface area contributed by atoms with Gasteiger partial charge in [0.05, 0.1) is 16.6 Å². The van der Waals surface area contributed by atoms with Crippen LogP contribution >= 0.6 is 23.2 Å². The summed E-state index contributed by atoms with van der Waals surface area (Å²) in [7, 11) is 0. The van der Waals surface area contributed by atoms with Crippen LogP contribution in [0.3, 0.4) is 0 Å². The molecule has 106 valence electrons. The van der Waals surface area contributed by atoms with E-state index in [2.05, 4.69) is 13.0 Å². The second kappa shape index (κ2) is 5.09. The topological polar surface area (TPSA) is 20.3 Å². The molecular weight excluding hydrogens is 293 g/mol. The number of fused-ring (bicyclic) bond motifs is 1. The summed E-state index contributed by atoms with van der Waals surface area (Å²) in [5.41, 5.74) is 2.09. The van der Waals surface area contributed by atoms with Gasteiger partial charge < -0.3 is 4.90 Å². The monoisotopic (exact) mass is 309 g/mol. The highest BCUT2D eigenvalue weighted by Gasteiger charge is 2.44. The van der Waals surface area contributed by atoms with E-state index in [1.807, 2.05) is 17.0 Å². The van der Waals surface area contributed by atoms with E-state index in [4.69, 9.17) is 23.2 Å². The lowest BCUT2D eigenvalue weighted by Gasteiger charge is -2.31. The zero-order valence-corrected chi connectivity index (χ0v) is 13.0. The average Bonchev–Trinajstić information content (AvgIpc) is 2.66. The van der Waals surface area contributed by atoms with Gasteiger partial charge >= 0.3 is 0 Å². The highest BCUT2D eigenvalue weighted by molar-refractivity contribution is 6.42. The number of benzene rings is 1. The molecule has 0 radical (unpaired) electrons. The molecule has 2 aliphatic rings. The summed E-state index contributed by atoms with van der Waals surface area (Å²) >= 11 is 12.3. The van der Waals surface area contributed by atoms with Crippen molar-refractivity contribution in [2.24, 2.45) is 5.41 Å². The van der Waals surface area contributed by atoms with Gasteiger partial charge in [0.25, 0.3) is 0 Å². The van der Waals surface area contributed by atoms with Crippen molar-refractivity contribution in [1.82, 2.24) is 4.90 Å². The van der Waals surface area contributed by atoms with Crippen molar-refractivity contribution in [3.8, 4) is 0 Å². The van der Waals surface area contributed by atoms with Gasteiger partial charge in [-0.2, -0.15) is 0 Å². The Bertz CT molecular complexity index is 596. The molecule has 1 fully saturated rings. The van der Waals surface area contributed by atoms with Crippen LogP contribution in [0.2, 0.25) is 10.0 Å². The lowest BCUT2D eigenvalue weighted by Crippen LogP contribution is -2.26. The number of carbonyl (C=O) groups is 1. The fraction of sp³-hybridized carbons (Fsp3) is 0.438. The Morgan fingerprint density at radius 2 is 2.15 bits per heavy atom. The molecule has 2 nitrogen and oxygen atoms in total. The van der Waals surface area contributed by atoms with E-state index in [-0.39, 0.29) is 11.3 Å². The molecule has 0 saturated carbocycles. The highest BCUT2D eigenvalue weighted by atomic mass is 35.5. The summed E-state index contributed by atoms with van der Waals surface area (Å²) in [6.45, 7) is 2.70. The molecular formula is C16H17Cl2NO. The highest BCUT2D eigenvalue weighted by Crippen LogP contribution is 2.48. The first-order chi connectivity index (χ1) is 9.51. The first kappa shape index (κ1) is 14.0. The first-order valence-corrected chi connectivity index (χ1v) is 7.71. The molecule has 20 heavy (non-hydrogen) atoms. The molecule has 1 heterocycles. The zero-order valence-electron chi connectivity index (χ0n) is 11.5. The summed E-state index contributed by atoms with van der Waals surface area (Å²) < 4.78 is 0. The third-order valence-corrected chi connectivity index (χ3v) is 5.24. The molecule has 1 aromatic carbocycles. The van der Waals surface area contributed by atoms with E-state index < -0.39 is 0 Å². The molecule has 0 bridgehead atoms. The van der Waals surface area contributed by atoms with Crippen LogP contribution in [0.4, 0.5) is 0 Å². The van der Waals surface area contributed by atoms with Gasteiger partial charge in [-0.25, -0.2) is 0 Å². The van der Waals surface area contributed by atoms with Crippen LogP contribution in [0.15, 0.2) is 30.0 Å². The van der Waals surface area contributed by atoms with Crippen molar-refractivity contribution >= 4 is 29.1 Å². The van der Waals surface area contributed by atoms with Gasteiger partial charge in [-0.3, -0.25) is 4.79 Å². The Kier molecular flexibility index (Phi) is 3.55. The fourth-order valence-corrected chi connectivity index (χ4v) is 3.68. The number of nitrogens with zero attached hydrogens (tertiary/aromatic N) is 1. The van der Waals surface area contributed by atoms with E-state index in [1.165, 1.54) is 12.1 Å². The molecule has 1 unspecified atom stereocenters. The number of halogens is 2. The third-order valence-electron chi connectivity index (χ3n) is 4.38. The Hall–Kier alpha value is -0.990. The largest absolute Gasteiger partial charge is 0.311 e. The predicted octanol–water partition coefficient (Wildman–Crippen LogP) is 4.80. The van der Waals surface area contributed by atoms with E-state index in [0.717, 1.165) is 18.4 Å². The van der Waals surface area contributed by atoms with Crippen LogP contribution in [0.25, 0.3) is 0 Å². The lowest BCUT2D eigenvalue weighted by molar-refractivity contribution is -0.127. The average molecular weight is 310 g/mol. The van der Waals surface area contributed by atoms with Gasteiger partial charge in [0.15, 0.2) is 0 Å². The summed E-state index contributed by atoms with van der Waals surface area (Å²) in [4.78, 5) is 14.2. The standard InChI is InChI=1S/C16H17Cl2NO/c1-16-8-3-2-7-13(16)19(14(20)9-16)10-11-5-4-6-12(17)15(11)18/h4-7H,2-3,8-10H2,1H3. The van der Waals surface area contributed by atoms with E-state index in [1.54, 1.807) is 6.07 Å². The molecule has 0 N–H and O–H groups in total. The Morgan fingerprint density at radius 3 is 2.95 bits per heavy atom. The minimum atomic E-state index is 0.0143. The molecule has 1 amide bonds. The number of hydrogen-bond donors (Lipinski definition) is 0. The lowest BCUT2D eigenvalue weighted by atomic mass is 9.77. The van der Waals surface area contributed by atoms with Crippen molar-refractivity contribution in [1.29, 1.82) is 0 Å². The van der Waals surface area contributed by atoms with Gasteiger partial charge in [-0.15, -0.1) is 0 Å². The molecule has 1 aliphatic carbocycles. The first-order valence-electron chi connectivity index (χ1n) is 6.95. The maximum Gasteiger partial charge on any atom is 0.227 e. The molecule has 0 aromatic heterocycles. The van der Waals surface area contributed by atoms with Crippen LogP contribution in [0, 0.1) is 5.41 Å². The van der Waals surface area contributed by atoms with E-state index >= 15 is 0 Å². The molecule has 1 atom stereocenters. The molecule has 0 spiro atoms. The second-order valence-electron chi connectivity index (χ2n) is 5.91. The van der Waals surface area contributed by atoms with Crippen LogP contribution in [-0.2, 0) is 11.3 Å². The minimum Gasteiger partial charge on any atom is -0.311 e. The van der Waals surface area contributed by atoms with Gasteiger partial charge in [0.2, 0.25) is 5.91 Å². The normalized spacial score (nSPS) is 25.6. The SMILES string of the molecule is CC12CCCC=C1N(Cc1cccc(Cl)c1Cl)C(=O)C2. The molecule has 3 rings (SSSR count). The zero-order chi connectivity index (χ0) is 14.3. The number of rotatable bonds is 2. The number of amides is 1. The molecule has 1 aliphatic heterocycles. The van der Waals surface area contributed by atoms with Crippen molar-refractivity contribution in [2.75, 3.05) is 0 Å². The summed E-state index contributed by atoms with van der Waals surface area (Å²) in [6, 6.07) is 5.57. The molecule has 4 heteroatoms. The van der Waals surface area contributed by atoms with Crippen LogP contribution in [0.5, 0.6) is 0 Å². The maximum absolute atomic E-state index is 12.4. The number of likely N-dealkylation sites (tertiary alicyclic amines) is 1. The van der Waals surface area contributed by atoms with Crippen molar-refractivity contribution in [3.63, 3.8) is 0 Å². The molecule has 1 saturated heterocycles. The summed E-state index contributed by atoms with van der Waals surface area (Å²) in [5.74, 6) is 0.191. The number of allylic oxidation sites excluding steroid dienone is 2. The van der Waals surface area contributed by atoms with Crippen molar-refractivity contribution < 1.29 is 4.79 Å². The van der Waals surface area contributed by atoms with E-state index in [9.17, 15) is 4.79 Å². The quantitative estimate of drug-likeness (QED) is 0.768. The Balaban J connectivity index is 1.92. The minimum absolute atomic E-state index is 0.0143. The van der Waals surface area contributed by atoms with Crippen molar-refractivity contribution in [3.05, 3.63) is 45.6 Å².